The predicted octanol–water partition coefficient (Wildman–Crippen LogP) is 3.00. The molecule has 0 bridgehead atoms. The third kappa shape index (κ3) is 22.9. The number of aromatic nitrogens is 2. The summed E-state index contributed by atoms with van der Waals surface area (Å²) in [6.07, 6.45) is -0.565. The smallest absolute Gasteiger partial charge is 0.317 e. The summed E-state index contributed by atoms with van der Waals surface area (Å²) in [5, 5.41) is 51.8. The number of carboxylic acid groups (broad SMARTS) is 4. The third-order valence-corrected chi connectivity index (χ3v) is 15.8. The largest absolute Gasteiger partial charge is 0.496 e. The van der Waals surface area contributed by atoms with Crippen LogP contribution < -0.4 is 25.4 Å². The second kappa shape index (κ2) is 36.2. The van der Waals surface area contributed by atoms with E-state index in [1.54, 1.807) is 66.6 Å². The number of aliphatic carboxylic acids is 4. The van der Waals surface area contributed by atoms with Crippen molar-refractivity contribution >= 4 is 76.4 Å². The summed E-state index contributed by atoms with van der Waals surface area (Å²) in [4.78, 5) is 109. The maximum atomic E-state index is 14.4. The van der Waals surface area contributed by atoms with Crippen LogP contribution in [0.5, 0.6) is 11.5 Å². The molecule has 4 heterocycles. The molecule has 2 saturated heterocycles. The van der Waals surface area contributed by atoms with Crippen LogP contribution in [0.25, 0.3) is 28.1 Å². The zero-order valence-electron chi connectivity index (χ0n) is 52.4. The number of anilines is 1. The summed E-state index contributed by atoms with van der Waals surface area (Å²) in [6.45, 7) is 6.93. The van der Waals surface area contributed by atoms with Gasteiger partial charge in [0, 0.05) is 110 Å². The average molecular weight is 1340 g/mol. The normalized spacial score (nSPS) is 16.1. The minimum absolute atomic E-state index is 0.0371. The lowest BCUT2D eigenvalue weighted by Crippen LogP contribution is -2.55. The van der Waals surface area contributed by atoms with Gasteiger partial charge < -0.3 is 74.4 Å². The number of morpholine rings is 1. The van der Waals surface area contributed by atoms with Crippen LogP contribution in [0, 0.1) is 0 Å². The van der Waals surface area contributed by atoms with Crippen molar-refractivity contribution in [2.45, 2.75) is 51.3 Å². The van der Waals surface area contributed by atoms with E-state index in [9.17, 15) is 58.8 Å². The predicted molar refractivity (Wildman–Crippen MR) is 338 cm³/mol. The van der Waals surface area contributed by atoms with Crippen molar-refractivity contribution in [2.75, 3.05) is 170 Å². The van der Waals surface area contributed by atoms with Crippen LogP contribution in [0.2, 0.25) is 10.0 Å². The highest BCUT2D eigenvalue weighted by atomic mass is 35.5. The molecule has 0 unspecified atom stereocenters. The molecule has 1 aromatic heterocycles. The van der Waals surface area contributed by atoms with E-state index in [0.29, 0.717) is 75.1 Å². The Morgan fingerprint density at radius 3 is 1.75 bits per heavy atom. The Hall–Kier alpha value is -7.55. The summed E-state index contributed by atoms with van der Waals surface area (Å²) in [5.74, 6) is -5.23. The molecule has 0 aliphatic carbocycles. The van der Waals surface area contributed by atoms with E-state index in [1.807, 2.05) is 38.1 Å². The molecule has 508 valence electrons. The first kappa shape index (κ1) is 72.9. The molecule has 4 amide bonds. The molecule has 29 nitrogen and oxygen atoms in total. The van der Waals surface area contributed by atoms with Crippen LogP contribution in [-0.2, 0) is 63.9 Å². The van der Waals surface area contributed by atoms with Crippen LogP contribution in [-0.4, -0.2) is 279 Å². The Morgan fingerprint density at radius 2 is 1.20 bits per heavy atom. The minimum Gasteiger partial charge on any atom is -0.496 e. The number of hydrogen-bond acceptors (Lipinski definition) is 20. The Labute approximate surface area is 547 Å². The molecule has 3 aromatic carbocycles. The van der Waals surface area contributed by atoms with Gasteiger partial charge in [0.2, 0.25) is 17.7 Å². The fourth-order valence-corrected chi connectivity index (χ4v) is 11.2. The van der Waals surface area contributed by atoms with Gasteiger partial charge >= 0.3 is 23.9 Å². The van der Waals surface area contributed by atoms with E-state index in [4.69, 9.17) is 61.5 Å². The molecule has 3 aliphatic heterocycles. The first-order valence-corrected chi connectivity index (χ1v) is 31.2. The number of benzene rings is 3. The number of nitrogens with zero attached hydrogens (tertiary/aromatic N) is 7. The number of carbonyl (C=O) groups excluding carboxylic acids is 4. The van der Waals surface area contributed by atoms with Gasteiger partial charge in [-0.3, -0.25) is 58.0 Å². The van der Waals surface area contributed by atoms with E-state index in [0.717, 1.165) is 5.56 Å². The van der Waals surface area contributed by atoms with Crippen LogP contribution in [0.3, 0.4) is 0 Å². The first-order chi connectivity index (χ1) is 44.6. The lowest BCUT2D eigenvalue weighted by molar-refractivity contribution is -0.140. The second-order valence-corrected chi connectivity index (χ2v) is 23.7. The van der Waals surface area contributed by atoms with Gasteiger partial charge in [0.15, 0.2) is 5.69 Å². The fourth-order valence-electron chi connectivity index (χ4n) is 10.7. The Bertz CT molecular complexity index is 3190. The molecule has 2 fully saturated rings. The second-order valence-electron chi connectivity index (χ2n) is 22.8. The van der Waals surface area contributed by atoms with Crippen LogP contribution in [0.4, 0.5) is 5.69 Å². The molecule has 0 spiro atoms. The third-order valence-electron chi connectivity index (χ3n) is 15.4. The van der Waals surface area contributed by atoms with Gasteiger partial charge in [-0.25, -0.2) is 4.68 Å². The van der Waals surface area contributed by atoms with E-state index >= 15 is 0 Å². The van der Waals surface area contributed by atoms with E-state index in [1.165, 1.54) is 0 Å². The number of carbonyl (C=O) groups is 8. The number of fused-ring (bicyclic) bond motifs is 3. The molecule has 4 aromatic rings. The fraction of sp³-hybridized carbons (Fsp3) is 0.532. The van der Waals surface area contributed by atoms with Crippen molar-refractivity contribution in [3.63, 3.8) is 0 Å². The highest BCUT2D eigenvalue weighted by Crippen LogP contribution is 2.47. The molecule has 7 rings (SSSR count). The van der Waals surface area contributed by atoms with Crippen molar-refractivity contribution in [1.29, 1.82) is 0 Å². The van der Waals surface area contributed by atoms with Crippen molar-refractivity contribution in [3.8, 4) is 39.6 Å². The van der Waals surface area contributed by atoms with Gasteiger partial charge in [-0.2, -0.15) is 5.10 Å². The number of nitrogens with one attached hydrogen (secondary N) is 3. The summed E-state index contributed by atoms with van der Waals surface area (Å²) in [6, 6.07) is 14.9. The van der Waals surface area contributed by atoms with E-state index in [2.05, 4.69) is 16.0 Å². The van der Waals surface area contributed by atoms with E-state index in [-0.39, 0.29) is 175 Å². The molecule has 1 atom stereocenters. The first-order valence-electron chi connectivity index (χ1n) is 30.5. The number of rotatable bonds is 33. The van der Waals surface area contributed by atoms with Gasteiger partial charge in [0.05, 0.1) is 123 Å². The summed E-state index contributed by atoms with van der Waals surface area (Å²) in [5.41, 5.74) is 3.99. The highest BCUT2D eigenvalue weighted by molar-refractivity contribution is 6.34. The SMILES string of the molecule is COc1cc2c(cc1-c1cccc(NC(=O)CCOCCOCCOCCOCCNC(=O)[C@@H](CCC(=O)O)NC(=O)CN3CCN(CC(=O)O)CCN(CC(=O)O)CCN(CC(=O)O)CC3)c1)-c1c(c(C(=O)N3CCOCC3(C)C)nn1-c1cc(Cl)cc(Cl)c1)CO2. The van der Waals surface area contributed by atoms with Gasteiger partial charge in [-0.15, -0.1) is 0 Å². The maximum Gasteiger partial charge on any atom is 0.317 e. The summed E-state index contributed by atoms with van der Waals surface area (Å²) < 4.78 is 42.0. The topological polar surface area (TPSA) is 352 Å². The van der Waals surface area contributed by atoms with Crippen molar-refractivity contribution in [3.05, 3.63) is 75.9 Å². The minimum atomic E-state index is -1.22. The zero-order valence-corrected chi connectivity index (χ0v) is 53.9. The molecule has 93 heavy (non-hydrogen) atoms. The summed E-state index contributed by atoms with van der Waals surface area (Å²) in [7, 11) is 1.56. The lowest BCUT2D eigenvalue weighted by Gasteiger charge is -2.41. The molecule has 7 N–H and O–H groups in total. The molecule has 3 aliphatic rings. The van der Waals surface area contributed by atoms with Crippen molar-refractivity contribution in [1.82, 2.24) is 44.9 Å². The van der Waals surface area contributed by atoms with Crippen molar-refractivity contribution in [2.24, 2.45) is 0 Å². The Balaban J connectivity index is 0.802. The molecule has 0 saturated carbocycles. The van der Waals surface area contributed by atoms with Crippen LogP contribution in [0.15, 0.2) is 54.6 Å². The molecular weight excluding hydrogens is 1260 g/mol. The number of halogens is 2. The van der Waals surface area contributed by atoms with Gasteiger partial charge in [-0.1, -0.05) is 35.3 Å². The maximum absolute atomic E-state index is 14.4. The number of methoxy groups -OCH3 is 1. The molecule has 31 heteroatoms. The lowest BCUT2D eigenvalue weighted by atomic mass is 9.95. The van der Waals surface area contributed by atoms with E-state index < -0.39 is 53.7 Å². The van der Waals surface area contributed by atoms with Crippen LogP contribution >= 0.6 is 23.2 Å². The average Bonchev–Trinajstić information content (AvgIpc) is 1.62. The highest BCUT2D eigenvalue weighted by Gasteiger charge is 2.40. The number of amides is 4. The molecular formula is C62H82Cl2N10O19. The van der Waals surface area contributed by atoms with Gasteiger partial charge in [-0.05, 0) is 62.2 Å². The van der Waals surface area contributed by atoms with Crippen molar-refractivity contribution < 1.29 is 91.9 Å². The summed E-state index contributed by atoms with van der Waals surface area (Å²) >= 11 is 13.0. The Morgan fingerprint density at radius 1 is 0.645 bits per heavy atom. The zero-order chi connectivity index (χ0) is 67.0. The van der Waals surface area contributed by atoms with Gasteiger partial charge in [0.1, 0.15) is 24.1 Å². The van der Waals surface area contributed by atoms with Gasteiger partial charge in [0.25, 0.3) is 5.91 Å². The number of ether oxygens (including phenoxy) is 7. The number of hydrogen-bond donors (Lipinski definition) is 7. The number of carboxylic acids is 4. The quantitative estimate of drug-likeness (QED) is 0.0337. The molecule has 0 radical (unpaired) electrons. The monoisotopic (exact) mass is 1340 g/mol. The standard InChI is InChI=1S/C62H82Cl2N10O19/c1-62(2)40-92-22-19-73(62)61(86)58-48-39-93-51-34-50(87-3)46(33-47(51)59(48)74(68-58)45-31-42(63)30-43(64)32-45)41-5-4-6-44(29-41)66-52(75)9-20-88-23-25-90-27-28-91-26-24-89-21-10-65-60(85)49(7-8-54(77)78)67-53(76)35-69-11-13-70(36-55(79)80)15-17-72(38-57(83)84)18-16-71(14-12-69)37-56(81)82/h4-6,29-34,49H,7-28,35-40H2,1-3H3,(H,65,85)(H,66,75)(H,67,76)(H,77,78)(H,79,80)(H,81,82)(H,83,84)/t49-/m1/s1. The Kier molecular flexibility index (Phi) is 28.4. The van der Waals surface area contributed by atoms with Crippen LogP contribution in [0.1, 0.15) is 49.2 Å².